The number of nitrogens with zero attached hydrogens (tertiary/aromatic N) is 2. The van der Waals surface area contributed by atoms with Gasteiger partial charge in [-0.15, -0.1) is 0 Å². The van der Waals surface area contributed by atoms with Gasteiger partial charge in [-0.3, -0.25) is 15.1 Å². The van der Waals surface area contributed by atoms with Crippen LogP contribution in [0.1, 0.15) is 141 Å². The second kappa shape index (κ2) is 12.7. The Morgan fingerprint density at radius 2 is 1.27 bits per heavy atom. The fourth-order valence-electron chi connectivity index (χ4n) is 12.2. The van der Waals surface area contributed by atoms with Crippen LogP contribution in [0.4, 0.5) is 0 Å². The zero-order valence-corrected chi connectivity index (χ0v) is 26.2. The summed E-state index contributed by atoms with van der Waals surface area (Å²) in [4.78, 5) is 6.41. The fourth-order valence-corrected chi connectivity index (χ4v) is 12.2. The van der Waals surface area contributed by atoms with Crippen LogP contribution < -0.4 is 10.6 Å². The number of likely N-dealkylation sites (tertiary alicyclic amines) is 1. The summed E-state index contributed by atoms with van der Waals surface area (Å²) in [5, 5.41) is 7.90. The molecule has 5 heteroatoms. The first kappa shape index (κ1) is 28.3. The van der Waals surface area contributed by atoms with Gasteiger partial charge in [0.2, 0.25) is 0 Å². The molecule has 2 N–H and O–H groups in total. The molecule has 5 aliphatic carbocycles. The van der Waals surface area contributed by atoms with E-state index < -0.39 is 0 Å². The van der Waals surface area contributed by atoms with Gasteiger partial charge in [-0.1, -0.05) is 57.8 Å². The van der Waals surface area contributed by atoms with Crippen molar-refractivity contribution in [3.05, 3.63) is 0 Å². The van der Waals surface area contributed by atoms with Crippen molar-refractivity contribution in [2.24, 2.45) is 17.8 Å². The maximum atomic E-state index is 6.89. The van der Waals surface area contributed by atoms with E-state index in [1.54, 1.807) is 0 Å². The zero-order chi connectivity index (χ0) is 27.2. The number of fused-ring (bicyclic) bond motifs is 4. The van der Waals surface area contributed by atoms with Crippen molar-refractivity contribution in [1.29, 1.82) is 0 Å². The lowest BCUT2D eigenvalue weighted by atomic mass is 9.73. The number of nitrogens with one attached hydrogen (secondary N) is 2. The summed E-state index contributed by atoms with van der Waals surface area (Å²) < 4.78 is 6.89. The van der Waals surface area contributed by atoms with Crippen molar-refractivity contribution in [3.8, 4) is 0 Å². The number of hydrogen-bond donors (Lipinski definition) is 2. The topological polar surface area (TPSA) is 39.8 Å². The molecule has 8 fully saturated rings. The van der Waals surface area contributed by atoms with E-state index in [1.165, 1.54) is 154 Å². The SMILES string of the molecule is C1CCC(C2NC3CCC(N4C5CCNCC5C5CC(N(C6CCCCC6)C6CCCCC6)CCC54)CC3O2)CC1. The Morgan fingerprint density at radius 3 is 2.00 bits per heavy atom. The highest BCUT2D eigenvalue weighted by Gasteiger charge is 2.55. The van der Waals surface area contributed by atoms with Gasteiger partial charge in [0.15, 0.2) is 0 Å². The summed E-state index contributed by atoms with van der Waals surface area (Å²) in [7, 11) is 0. The minimum absolute atomic E-state index is 0.350. The summed E-state index contributed by atoms with van der Waals surface area (Å²) in [6.07, 6.45) is 32.5. The van der Waals surface area contributed by atoms with Crippen molar-refractivity contribution in [2.45, 2.75) is 196 Å². The summed E-state index contributed by atoms with van der Waals surface area (Å²) in [5.41, 5.74) is 0. The van der Waals surface area contributed by atoms with E-state index in [-0.39, 0.29) is 0 Å². The molecule has 0 spiro atoms. The normalized spacial score (nSPS) is 45.4. The molecule has 0 amide bonds. The van der Waals surface area contributed by atoms with Crippen LogP contribution >= 0.6 is 0 Å². The van der Waals surface area contributed by atoms with Crippen molar-refractivity contribution in [3.63, 3.8) is 0 Å². The molecule has 9 atom stereocenters. The molecule has 8 rings (SSSR count). The van der Waals surface area contributed by atoms with Gasteiger partial charge in [-0.25, -0.2) is 0 Å². The number of piperidine rings is 1. The van der Waals surface area contributed by atoms with Crippen LogP contribution in [0.5, 0.6) is 0 Å². The van der Waals surface area contributed by atoms with Gasteiger partial charge in [0.05, 0.1) is 6.10 Å². The average molecular weight is 567 g/mol. The largest absolute Gasteiger partial charge is 0.358 e. The van der Waals surface area contributed by atoms with Gasteiger partial charge < -0.3 is 10.1 Å². The van der Waals surface area contributed by atoms with Gasteiger partial charge in [-0.2, -0.15) is 0 Å². The minimum Gasteiger partial charge on any atom is -0.358 e. The standard InChI is InChI=1S/C36H62N4O/c1-4-10-25(11-5-1)36-38-32-18-16-29(23-35(32)41-36)40-33-19-17-28(22-30(33)31-24-37-21-20-34(31)40)39(26-12-6-2-7-13-26)27-14-8-3-9-15-27/h25-38H,1-24H2. The number of ether oxygens (including phenoxy) is 1. The molecule has 0 bridgehead atoms. The van der Waals surface area contributed by atoms with Gasteiger partial charge >= 0.3 is 0 Å². The molecule has 0 radical (unpaired) electrons. The third-order valence-corrected chi connectivity index (χ3v) is 14.0. The fraction of sp³-hybridized carbons (Fsp3) is 1.00. The van der Waals surface area contributed by atoms with Gasteiger partial charge in [0.25, 0.3) is 0 Å². The number of rotatable bonds is 5. The van der Waals surface area contributed by atoms with Crippen LogP contribution in [0, 0.1) is 17.8 Å². The van der Waals surface area contributed by atoms with Crippen molar-refractivity contribution in [1.82, 2.24) is 20.4 Å². The lowest BCUT2D eigenvalue weighted by Crippen LogP contribution is -2.55. The highest BCUT2D eigenvalue weighted by Crippen LogP contribution is 2.50. The smallest absolute Gasteiger partial charge is 0.111 e. The molecule has 41 heavy (non-hydrogen) atoms. The molecule has 5 nitrogen and oxygen atoms in total. The molecule has 0 aromatic carbocycles. The van der Waals surface area contributed by atoms with E-state index >= 15 is 0 Å². The number of hydrogen-bond acceptors (Lipinski definition) is 5. The van der Waals surface area contributed by atoms with E-state index in [9.17, 15) is 0 Å². The highest BCUT2D eigenvalue weighted by molar-refractivity contribution is 5.10. The van der Waals surface area contributed by atoms with Crippen LogP contribution in [-0.4, -0.2) is 77.5 Å². The third-order valence-electron chi connectivity index (χ3n) is 14.0. The predicted octanol–water partition coefficient (Wildman–Crippen LogP) is 6.60. The van der Waals surface area contributed by atoms with E-state index in [0.29, 0.717) is 18.4 Å². The van der Waals surface area contributed by atoms with E-state index in [4.69, 9.17) is 4.74 Å². The molecule has 0 aromatic heterocycles. The second-order valence-electron chi connectivity index (χ2n) is 16.1. The molecule has 5 saturated carbocycles. The quantitative estimate of drug-likeness (QED) is 0.392. The monoisotopic (exact) mass is 566 g/mol. The van der Waals surface area contributed by atoms with E-state index in [2.05, 4.69) is 20.4 Å². The second-order valence-corrected chi connectivity index (χ2v) is 16.1. The Morgan fingerprint density at radius 1 is 0.585 bits per heavy atom. The van der Waals surface area contributed by atoms with Crippen molar-refractivity contribution in [2.75, 3.05) is 13.1 Å². The average Bonchev–Trinajstić information content (AvgIpc) is 3.61. The zero-order valence-electron chi connectivity index (χ0n) is 26.2. The molecule has 3 saturated heterocycles. The highest BCUT2D eigenvalue weighted by atomic mass is 16.5. The van der Waals surface area contributed by atoms with Crippen LogP contribution in [0.3, 0.4) is 0 Å². The summed E-state index contributed by atoms with van der Waals surface area (Å²) >= 11 is 0. The Hall–Kier alpha value is -0.200. The van der Waals surface area contributed by atoms with Crippen molar-refractivity contribution >= 4 is 0 Å². The Bertz CT molecular complexity index is 833. The summed E-state index contributed by atoms with van der Waals surface area (Å²) in [6.45, 7) is 2.51. The minimum atomic E-state index is 0.350. The van der Waals surface area contributed by atoms with Gasteiger partial charge in [-0.05, 0) is 114 Å². The first-order chi connectivity index (χ1) is 20.3. The molecular formula is C36H62N4O. The van der Waals surface area contributed by atoms with Crippen LogP contribution in [0.2, 0.25) is 0 Å². The molecular weight excluding hydrogens is 504 g/mol. The third kappa shape index (κ3) is 5.60. The van der Waals surface area contributed by atoms with Crippen LogP contribution in [0.15, 0.2) is 0 Å². The Kier molecular flexibility index (Phi) is 8.73. The first-order valence-electron chi connectivity index (χ1n) is 19.0. The van der Waals surface area contributed by atoms with Gasteiger partial charge in [0, 0.05) is 42.3 Å². The maximum Gasteiger partial charge on any atom is 0.111 e. The first-order valence-corrected chi connectivity index (χ1v) is 19.0. The molecule has 8 aliphatic rings. The molecule has 9 unspecified atom stereocenters. The lowest BCUT2D eigenvalue weighted by Gasteiger charge is -2.50. The molecule has 0 aromatic rings. The van der Waals surface area contributed by atoms with E-state index in [0.717, 1.165) is 54.0 Å². The van der Waals surface area contributed by atoms with Gasteiger partial charge in [0.1, 0.15) is 6.23 Å². The van der Waals surface area contributed by atoms with Crippen LogP contribution in [0.25, 0.3) is 0 Å². The Labute approximate surface area is 251 Å². The van der Waals surface area contributed by atoms with Crippen molar-refractivity contribution < 1.29 is 4.74 Å². The molecule has 3 aliphatic heterocycles. The van der Waals surface area contributed by atoms with Crippen LogP contribution in [-0.2, 0) is 4.74 Å². The summed E-state index contributed by atoms with van der Waals surface area (Å²) in [6, 6.07) is 5.69. The molecule has 3 heterocycles. The lowest BCUT2D eigenvalue weighted by molar-refractivity contribution is -0.0413. The van der Waals surface area contributed by atoms with E-state index in [1.807, 2.05) is 0 Å². The predicted molar refractivity (Wildman–Crippen MR) is 167 cm³/mol. The maximum absolute atomic E-state index is 6.89. The molecule has 232 valence electrons. The Balaban J connectivity index is 0.979. The summed E-state index contributed by atoms with van der Waals surface area (Å²) in [5.74, 6) is 2.56.